The molecular weight excluding hydrogens is 499 g/mol. The van der Waals surface area contributed by atoms with Crippen LogP contribution in [-0.2, 0) is 10.2 Å². The van der Waals surface area contributed by atoms with Crippen LogP contribution in [0.2, 0.25) is 0 Å². The number of likely N-dealkylation sites (tertiary alicyclic amines) is 2. The number of hydrogen-bond acceptors (Lipinski definition) is 6. The molecule has 2 amide bonds. The number of nitrogens with one attached hydrogen (secondary N) is 1. The van der Waals surface area contributed by atoms with Gasteiger partial charge in [-0.3, -0.25) is 0 Å². The highest BCUT2D eigenvalue weighted by molar-refractivity contribution is 5.75. The highest BCUT2D eigenvalue weighted by atomic mass is 19.3. The zero-order chi connectivity index (χ0) is 26.7. The van der Waals surface area contributed by atoms with Crippen LogP contribution < -0.4 is 5.32 Å². The molecule has 0 bridgehead atoms. The molecule has 3 aliphatic carbocycles. The second-order valence-corrected chi connectivity index (χ2v) is 13.1. The third-order valence-corrected chi connectivity index (χ3v) is 9.58. The van der Waals surface area contributed by atoms with Crippen LogP contribution in [0, 0.1) is 5.41 Å². The third kappa shape index (κ3) is 5.42. The van der Waals surface area contributed by atoms with E-state index in [1.54, 1.807) is 4.90 Å². The van der Waals surface area contributed by atoms with Gasteiger partial charge in [0.2, 0.25) is 5.89 Å². The summed E-state index contributed by atoms with van der Waals surface area (Å²) in [6.07, 6.45) is 3.89. The monoisotopic (exact) mass is 539 g/mol. The SMILES string of the molecule is CC1(CN2CC[C@H](O[C@H]3CCCC(F)(F)[C@@H]3NC(=O)N3CCC(C)(c4noc([C@@H]5C[C@@H]5F)n4)CC3)C2)CC1. The zero-order valence-electron chi connectivity index (χ0n) is 22.4. The van der Waals surface area contributed by atoms with Crippen molar-refractivity contribution in [1.29, 1.82) is 0 Å². The quantitative estimate of drug-likeness (QED) is 0.553. The molecule has 3 heterocycles. The Morgan fingerprint density at radius 1 is 1.13 bits per heavy atom. The van der Waals surface area contributed by atoms with Crippen molar-refractivity contribution >= 4 is 6.03 Å². The van der Waals surface area contributed by atoms with Crippen LogP contribution in [0.4, 0.5) is 18.0 Å². The Balaban J connectivity index is 1.04. The highest BCUT2D eigenvalue weighted by Crippen LogP contribution is 2.46. The minimum atomic E-state index is -3.01. The molecule has 0 spiro atoms. The lowest BCUT2D eigenvalue weighted by molar-refractivity contribution is -0.138. The van der Waals surface area contributed by atoms with Crippen LogP contribution >= 0.6 is 0 Å². The van der Waals surface area contributed by atoms with Gasteiger partial charge in [0, 0.05) is 44.6 Å². The molecular formula is C27H40F3N5O3. The fraction of sp³-hybridized carbons (Fsp3) is 0.889. The second-order valence-electron chi connectivity index (χ2n) is 13.1. The lowest BCUT2D eigenvalue weighted by atomic mass is 9.79. The van der Waals surface area contributed by atoms with E-state index in [1.807, 2.05) is 6.92 Å². The van der Waals surface area contributed by atoms with Gasteiger partial charge in [-0.1, -0.05) is 19.0 Å². The van der Waals surface area contributed by atoms with Gasteiger partial charge in [-0.15, -0.1) is 0 Å². The van der Waals surface area contributed by atoms with Gasteiger partial charge in [0.15, 0.2) is 5.82 Å². The van der Waals surface area contributed by atoms with Crippen molar-refractivity contribution in [2.75, 3.05) is 32.7 Å². The summed E-state index contributed by atoms with van der Waals surface area (Å²) < 4.78 is 55.1. The van der Waals surface area contributed by atoms with Crippen molar-refractivity contribution < 1.29 is 27.2 Å². The van der Waals surface area contributed by atoms with Crippen LogP contribution in [0.3, 0.4) is 0 Å². The lowest BCUT2D eigenvalue weighted by Gasteiger charge is -2.42. The fourth-order valence-corrected chi connectivity index (χ4v) is 6.39. The molecule has 1 aromatic heterocycles. The van der Waals surface area contributed by atoms with Crippen LogP contribution in [-0.4, -0.2) is 89.0 Å². The van der Waals surface area contributed by atoms with Gasteiger partial charge in [0.1, 0.15) is 12.2 Å². The standard InChI is InChI=1S/C27H40F3N5O3/c1-25(7-8-25)16-34-11-5-17(15-34)37-20-4-3-6-27(29,30)21(20)31-24(36)35-12-9-26(2,10-13-35)23-32-22(38-33-23)18-14-19(18)28/h17-21H,3-16H2,1-2H3,(H,31,36)/t17-,18+,19-,20-,21+/m0/s1. The normalized spacial score (nSPS) is 35.7. The van der Waals surface area contributed by atoms with Gasteiger partial charge in [0.25, 0.3) is 5.92 Å². The Bertz CT molecular complexity index is 1030. The van der Waals surface area contributed by atoms with Gasteiger partial charge < -0.3 is 24.4 Å². The number of hydrogen-bond donors (Lipinski definition) is 1. The predicted molar refractivity (Wildman–Crippen MR) is 133 cm³/mol. The van der Waals surface area contributed by atoms with E-state index in [-0.39, 0.29) is 18.4 Å². The Morgan fingerprint density at radius 2 is 1.87 bits per heavy atom. The Morgan fingerprint density at radius 3 is 2.55 bits per heavy atom. The Kier molecular flexibility index (Phi) is 6.69. The summed E-state index contributed by atoms with van der Waals surface area (Å²) in [7, 11) is 0. The number of piperidine rings is 1. The molecule has 5 aliphatic rings. The van der Waals surface area contributed by atoms with Gasteiger partial charge >= 0.3 is 6.03 Å². The van der Waals surface area contributed by atoms with Gasteiger partial charge in [-0.2, -0.15) is 4.98 Å². The smallest absolute Gasteiger partial charge is 0.317 e. The molecule has 38 heavy (non-hydrogen) atoms. The first-order valence-corrected chi connectivity index (χ1v) is 14.3. The number of rotatable bonds is 7. The molecule has 5 atom stereocenters. The molecule has 5 fully saturated rings. The van der Waals surface area contributed by atoms with Crippen LogP contribution in [0.25, 0.3) is 0 Å². The molecule has 0 aromatic carbocycles. The van der Waals surface area contributed by atoms with Gasteiger partial charge in [-0.25, -0.2) is 18.0 Å². The number of ether oxygens (including phenoxy) is 1. The molecule has 3 saturated carbocycles. The molecule has 1 aromatic rings. The van der Waals surface area contributed by atoms with Crippen LogP contribution in [0.5, 0.6) is 0 Å². The number of alkyl halides is 3. The number of carbonyl (C=O) groups is 1. The number of carbonyl (C=O) groups excluding carboxylic acids is 1. The number of aromatic nitrogens is 2. The first kappa shape index (κ1) is 26.3. The molecule has 2 saturated heterocycles. The maximum absolute atomic E-state index is 15.1. The molecule has 0 radical (unpaired) electrons. The van der Waals surface area contributed by atoms with Crippen LogP contribution in [0.1, 0.15) is 89.3 Å². The lowest BCUT2D eigenvalue weighted by Crippen LogP contribution is -2.61. The number of halogens is 3. The van der Waals surface area contributed by atoms with E-state index < -0.39 is 35.7 Å². The number of nitrogens with zero attached hydrogens (tertiary/aromatic N) is 4. The van der Waals surface area contributed by atoms with E-state index in [1.165, 1.54) is 12.8 Å². The van der Waals surface area contributed by atoms with Crippen LogP contribution in [0.15, 0.2) is 4.52 Å². The third-order valence-electron chi connectivity index (χ3n) is 9.58. The van der Waals surface area contributed by atoms with Gasteiger partial charge in [0.05, 0.1) is 18.1 Å². The van der Waals surface area contributed by atoms with E-state index in [9.17, 15) is 9.18 Å². The van der Waals surface area contributed by atoms with E-state index in [0.29, 0.717) is 62.3 Å². The largest absolute Gasteiger partial charge is 0.371 e. The maximum atomic E-state index is 15.1. The van der Waals surface area contributed by atoms with Crippen molar-refractivity contribution in [2.24, 2.45) is 5.41 Å². The van der Waals surface area contributed by atoms with Crippen molar-refractivity contribution in [3.05, 3.63) is 11.7 Å². The second kappa shape index (κ2) is 9.64. The summed E-state index contributed by atoms with van der Waals surface area (Å²) in [5.74, 6) is -2.44. The molecule has 2 aliphatic heterocycles. The minimum Gasteiger partial charge on any atom is -0.371 e. The summed E-state index contributed by atoms with van der Waals surface area (Å²) in [6.45, 7) is 7.83. The molecule has 8 nitrogen and oxygen atoms in total. The van der Waals surface area contributed by atoms with E-state index in [0.717, 1.165) is 26.1 Å². The molecule has 11 heteroatoms. The maximum Gasteiger partial charge on any atom is 0.317 e. The summed E-state index contributed by atoms with van der Waals surface area (Å²) in [5, 5.41) is 6.75. The summed E-state index contributed by atoms with van der Waals surface area (Å²) in [4.78, 5) is 21.6. The average molecular weight is 540 g/mol. The fourth-order valence-electron chi connectivity index (χ4n) is 6.39. The Labute approximate surface area is 222 Å². The molecule has 0 unspecified atom stereocenters. The van der Waals surface area contributed by atoms with Crippen molar-refractivity contribution in [1.82, 2.24) is 25.3 Å². The summed E-state index contributed by atoms with van der Waals surface area (Å²) >= 11 is 0. The Hall–Kier alpha value is -1.88. The summed E-state index contributed by atoms with van der Waals surface area (Å²) in [5.41, 5.74) is 0.0000230. The first-order chi connectivity index (χ1) is 18.0. The van der Waals surface area contributed by atoms with E-state index in [2.05, 4.69) is 27.3 Å². The number of urea groups is 1. The molecule has 6 rings (SSSR count). The number of amides is 2. The average Bonchev–Trinajstić information content (AvgIpc) is 3.62. The zero-order valence-corrected chi connectivity index (χ0v) is 22.4. The van der Waals surface area contributed by atoms with E-state index in [4.69, 9.17) is 9.26 Å². The van der Waals surface area contributed by atoms with E-state index >= 15 is 8.78 Å². The minimum absolute atomic E-state index is 0.0745. The predicted octanol–water partition coefficient (Wildman–Crippen LogP) is 4.41. The summed E-state index contributed by atoms with van der Waals surface area (Å²) in [6, 6.07) is -1.81. The molecule has 212 valence electrons. The molecule has 1 N–H and O–H groups in total. The van der Waals surface area contributed by atoms with Crippen molar-refractivity contribution in [2.45, 2.75) is 113 Å². The topological polar surface area (TPSA) is 83.7 Å². The highest BCUT2D eigenvalue weighted by Gasteiger charge is 2.51. The van der Waals surface area contributed by atoms with Gasteiger partial charge in [-0.05, 0) is 56.8 Å². The van der Waals surface area contributed by atoms with Crippen molar-refractivity contribution in [3.8, 4) is 0 Å². The first-order valence-electron chi connectivity index (χ1n) is 14.3. The van der Waals surface area contributed by atoms with Crippen molar-refractivity contribution in [3.63, 3.8) is 0 Å².